The van der Waals surface area contributed by atoms with Gasteiger partial charge in [-0.1, -0.05) is 52.4 Å². The van der Waals surface area contributed by atoms with Gasteiger partial charge in [-0.25, -0.2) is 0 Å². The Hall–Kier alpha value is -0.580. The van der Waals surface area contributed by atoms with Crippen LogP contribution in [0, 0.1) is 6.92 Å². The summed E-state index contributed by atoms with van der Waals surface area (Å²) in [5, 5.41) is 0. The number of cyclic esters (lactones) is 1. The molecule has 1 fully saturated rings. The predicted molar refractivity (Wildman–Crippen MR) is 67.1 cm³/mol. The largest absolute Gasteiger partial charge is 0.461 e. The van der Waals surface area contributed by atoms with Crippen LogP contribution in [-0.2, 0) is 9.53 Å². The number of ether oxygens (including phenoxy) is 1. The van der Waals surface area contributed by atoms with Crippen molar-refractivity contribution >= 4 is 28.6 Å². The minimum Gasteiger partial charge on any atom is -0.461 e. The van der Waals surface area contributed by atoms with Crippen molar-refractivity contribution in [1.29, 1.82) is 0 Å². The third-order valence-corrected chi connectivity index (χ3v) is 4.16. The van der Waals surface area contributed by atoms with Crippen molar-refractivity contribution in [2.45, 2.75) is 29.8 Å². The molecule has 0 amide bonds. The number of rotatable bonds is 2. The number of carbonyl (C=O) groups excluding carboxylic acids is 1. The summed E-state index contributed by atoms with van der Waals surface area (Å²) in [6.45, 7) is 2.07. The maximum atomic E-state index is 11.0. The van der Waals surface area contributed by atoms with Crippen molar-refractivity contribution in [2.75, 3.05) is 0 Å². The number of aryl methyl sites for hydroxylation is 1. The summed E-state index contributed by atoms with van der Waals surface area (Å²) >= 11 is 2.35. The quantitative estimate of drug-likeness (QED) is 0.476. The van der Waals surface area contributed by atoms with Gasteiger partial charge in [0, 0.05) is 6.42 Å². The first-order valence-corrected chi connectivity index (χ1v) is 6.31. The highest BCUT2D eigenvalue weighted by Crippen LogP contribution is 2.34. The molecule has 15 heavy (non-hydrogen) atoms. The van der Waals surface area contributed by atoms with E-state index < -0.39 is 0 Å². The van der Waals surface area contributed by atoms with E-state index in [9.17, 15) is 4.79 Å². The van der Waals surface area contributed by atoms with E-state index in [0.717, 1.165) is 6.42 Å². The van der Waals surface area contributed by atoms with Crippen LogP contribution in [0.3, 0.4) is 0 Å². The standard InChI is InChI=1S/C12H13IO2/c1-8-2-4-9(5-3-8)12(13)10-6-7-11(14)15-10/h2-5,10,12H,6-7H2,1H3. The highest BCUT2D eigenvalue weighted by Gasteiger charge is 2.30. The lowest BCUT2D eigenvalue weighted by molar-refractivity contribution is -0.141. The van der Waals surface area contributed by atoms with Crippen LogP contribution in [-0.4, -0.2) is 12.1 Å². The van der Waals surface area contributed by atoms with Gasteiger partial charge in [0.1, 0.15) is 6.10 Å². The second-order valence-corrected chi connectivity index (χ2v) is 5.22. The zero-order valence-electron chi connectivity index (χ0n) is 8.57. The molecule has 3 heteroatoms. The number of esters is 1. The van der Waals surface area contributed by atoms with Gasteiger partial charge in [-0.15, -0.1) is 0 Å². The van der Waals surface area contributed by atoms with Crippen LogP contribution in [0.1, 0.15) is 27.9 Å². The van der Waals surface area contributed by atoms with E-state index in [4.69, 9.17) is 4.74 Å². The van der Waals surface area contributed by atoms with Crippen LogP contribution in [0.4, 0.5) is 0 Å². The molecule has 1 aromatic rings. The SMILES string of the molecule is Cc1ccc(C(I)C2CCC(=O)O2)cc1. The molecule has 1 aliphatic heterocycles. The lowest BCUT2D eigenvalue weighted by Gasteiger charge is -2.16. The van der Waals surface area contributed by atoms with Crippen LogP contribution in [0.15, 0.2) is 24.3 Å². The average molecular weight is 316 g/mol. The molecule has 1 aliphatic rings. The molecular weight excluding hydrogens is 303 g/mol. The van der Waals surface area contributed by atoms with Crippen molar-refractivity contribution in [3.8, 4) is 0 Å². The molecule has 2 atom stereocenters. The van der Waals surface area contributed by atoms with E-state index in [1.807, 2.05) is 0 Å². The molecule has 2 rings (SSSR count). The van der Waals surface area contributed by atoms with Crippen LogP contribution in [0.2, 0.25) is 0 Å². The predicted octanol–water partition coefficient (Wildman–Crippen LogP) is 3.18. The van der Waals surface area contributed by atoms with Gasteiger partial charge >= 0.3 is 5.97 Å². The number of carbonyl (C=O) groups is 1. The Bertz CT molecular complexity index is 358. The molecule has 0 N–H and O–H groups in total. The fraction of sp³-hybridized carbons (Fsp3) is 0.417. The molecule has 1 saturated heterocycles. The molecule has 0 aliphatic carbocycles. The molecule has 1 aromatic carbocycles. The number of halogens is 1. The van der Waals surface area contributed by atoms with E-state index >= 15 is 0 Å². The van der Waals surface area contributed by atoms with Crippen molar-refractivity contribution in [2.24, 2.45) is 0 Å². The summed E-state index contributed by atoms with van der Waals surface area (Å²) in [5.74, 6) is -0.0613. The molecular formula is C12H13IO2. The summed E-state index contributed by atoms with van der Waals surface area (Å²) in [6, 6.07) is 8.41. The van der Waals surface area contributed by atoms with E-state index in [1.165, 1.54) is 11.1 Å². The Morgan fingerprint density at radius 1 is 1.40 bits per heavy atom. The minimum absolute atomic E-state index is 0.0563. The summed E-state index contributed by atoms with van der Waals surface area (Å²) in [6.07, 6.45) is 1.47. The monoisotopic (exact) mass is 316 g/mol. The van der Waals surface area contributed by atoms with Gasteiger partial charge in [-0.3, -0.25) is 4.79 Å². The van der Waals surface area contributed by atoms with Crippen molar-refractivity contribution in [3.63, 3.8) is 0 Å². The molecule has 0 bridgehead atoms. The van der Waals surface area contributed by atoms with Gasteiger partial charge < -0.3 is 4.74 Å². The Morgan fingerprint density at radius 3 is 2.60 bits per heavy atom. The number of hydrogen-bond donors (Lipinski definition) is 0. The smallest absolute Gasteiger partial charge is 0.306 e. The number of hydrogen-bond acceptors (Lipinski definition) is 2. The summed E-state index contributed by atoms with van der Waals surface area (Å²) < 4.78 is 5.53. The third-order valence-electron chi connectivity index (χ3n) is 2.64. The van der Waals surface area contributed by atoms with Gasteiger partial charge in [-0.2, -0.15) is 0 Å². The normalized spacial score (nSPS) is 22.5. The zero-order valence-corrected chi connectivity index (χ0v) is 10.7. The first kappa shape index (κ1) is 10.9. The van der Waals surface area contributed by atoms with E-state index in [0.29, 0.717) is 6.42 Å². The lowest BCUT2D eigenvalue weighted by atomic mass is 10.0. The van der Waals surface area contributed by atoms with Crippen molar-refractivity contribution in [1.82, 2.24) is 0 Å². The molecule has 0 saturated carbocycles. The van der Waals surface area contributed by atoms with Crippen LogP contribution >= 0.6 is 22.6 Å². The van der Waals surface area contributed by atoms with Gasteiger partial charge in [0.25, 0.3) is 0 Å². The van der Waals surface area contributed by atoms with Crippen LogP contribution in [0.25, 0.3) is 0 Å². The van der Waals surface area contributed by atoms with Crippen molar-refractivity contribution < 1.29 is 9.53 Å². The first-order valence-electron chi connectivity index (χ1n) is 5.07. The highest BCUT2D eigenvalue weighted by molar-refractivity contribution is 14.1. The van der Waals surface area contributed by atoms with Gasteiger partial charge in [0.05, 0.1) is 3.92 Å². The molecule has 2 unspecified atom stereocenters. The fourth-order valence-electron chi connectivity index (χ4n) is 1.72. The molecule has 0 radical (unpaired) electrons. The average Bonchev–Trinajstić information content (AvgIpc) is 2.65. The molecule has 1 heterocycles. The van der Waals surface area contributed by atoms with Crippen LogP contribution in [0.5, 0.6) is 0 Å². The van der Waals surface area contributed by atoms with Crippen molar-refractivity contribution in [3.05, 3.63) is 35.4 Å². The first-order chi connectivity index (χ1) is 7.16. The van der Waals surface area contributed by atoms with Gasteiger partial charge in [-0.05, 0) is 18.9 Å². The Labute approximate surface area is 103 Å². The maximum absolute atomic E-state index is 11.0. The molecule has 2 nitrogen and oxygen atoms in total. The summed E-state index contributed by atoms with van der Waals surface area (Å²) in [4.78, 5) is 11.0. The van der Waals surface area contributed by atoms with Gasteiger partial charge in [0.15, 0.2) is 0 Å². The fourth-order valence-corrected chi connectivity index (χ4v) is 2.64. The third kappa shape index (κ3) is 2.51. The second-order valence-electron chi connectivity index (χ2n) is 3.88. The Kier molecular flexibility index (Phi) is 3.29. The lowest BCUT2D eigenvalue weighted by Crippen LogP contribution is -2.13. The molecule has 0 spiro atoms. The minimum atomic E-state index is -0.0613. The van der Waals surface area contributed by atoms with E-state index in [2.05, 4.69) is 53.8 Å². The Balaban J connectivity index is 2.10. The molecule has 0 aromatic heterocycles. The van der Waals surface area contributed by atoms with E-state index in [-0.39, 0.29) is 16.0 Å². The van der Waals surface area contributed by atoms with E-state index in [1.54, 1.807) is 0 Å². The number of alkyl halides is 1. The molecule has 80 valence electrons. The summed E-state index contributed by atoms with van der Waals surface area (Å²) in [5.41, 5.74) is 2.49. The second kappa shape index (κ2) is 4.51. The Morgan fingerprint density at radius 2 is 2.07 bits per heavy atom. The van der Waals surface area contributed by atoms with Gasteiger partial charge in [0.2, 0.25) is 0 Å². The maximum Gasteiger partial charge on any atom is 0.306 e. The summed E-state index contributed by atoms with van der Waals surface area (Å²) in [7, 11) is 0. The zero-order chi connectivity index (χ0) is 10.8. The van der Waals surface area contributed by atoms with Crippen LogP contribution < -0.4 is 0 Å². The topological polar surface area (TPSA) is 26.3 Å². The highest BCUT2D eigenvalue weighted by atomic mass is 127. The number of benzene rings is 1.